The second kappa shape index (κ2) is 5.54. The number of benzene rings is 1. The van der Waals surface area contributed by atoms with Gasteiger partial charge in [0.2, 0.25) is 0 Å². The van der Waals surface area contributed by atoms with E-state index in [4.69, 9.17) is 10.5 Å². The van der Waals surface area contributed by atoms with E-state index >= 15 is 0 Å². The second-order valence-electron chi connectivity index (χ2n) is 5.10. The Hall–Kier alpha value is -1.66. The number of nitrogens with zero attached hydrogens (tertiary/aromatic N) is 2. The topological polar surface area (TPSA) is 81.6 Å². The van der Waals surface area contributed by atoms with E-state index in [1.54, 1.807) is 12.1 Å². The maximum atomic E-state index is 10.7. The zero-order valence-electron chi connectivity index (χ0n) is 11.2. The molecule has 2 atom stereocenters. The minimum Gasteiger partial charge on any atom is -0.393 e. The maximum Gasteiger partial charge on any atom is 0.292 e. The normalized spacial score (nSPS) is 24.3. The minimum atomic E-state index is -0.460. The highest BCUT2D eigenvalue weighted by atomic mass is 16.6. The van der Waals surface area contributed by atoms with Crippen molar-refractivity contribution in [2.45, 2.75) is 32.6 Å². The molecule has 2 rings (SSSR count). The van der Waals surface area contributed by atoms with Crippen LogP contribution in [0.4, 0.5) is 11.4 Å². The number of nitrogens with two attached hydrogens (primary N) is 1. The summed E-state index contributed by atoms with van der Waals surface area (Å²) in [5.41, 5.74) is 6.87. The van der Waals surface area contributed by atoms with E-state index in [1.165, 1.54) is 6.07 Å². The Morgan fingerprint density at radius 1 is 1.42 bits per heavy atom. The van der Waals surface area contributed by atoms with Crippen LogP contribution in [0.1, 0.15) is 19.4 Å². The van der Waals surface area contributed by atoms with Gasteiger partial charge >= 0.3 is 0 Å². The number of hydrogen-bond donors (Lipinski definition) is 1. The lowest BCUT2D eigenvalue weighted by molar-refractivity contribution is -0.383. The fraction of sp³-hybridized carbons (Fsp3) is 0.538. The van der Waals surface area contributed by atoms with Crippen LogP contribution in [0.15, 0.2) is 18.2 Å². The van der Waals surface area contributed by atoms with Gasteiger partial charge in [0.1, 0.15) is 5.69 Å². The van der Waals surface area contributed by atoms with Gasteiger partial charge < -0.3 is 10.5 Å². The molecular weight excluding hydrogens is 246 g/mol. The summed E-state index contributed by atoms with van der Waals surface area (Å²) >= 11 is 0. The summed E-state index contributed by atoms with van der Waals surface area (Å²) in [7, 11) is 0. The number of nitro benzene ring substituents is 1. The molecule has 2 unspecified atom stereocenters. The van der Waals surface area contributed by atoms with Gasteiger partial charge in [0.15, 0.2) is 0 Å². The van der Waals surface area contributed by atoms with Gasteiger partial charge in [-0.05, 0) is 25.5 Å². The van der Waals surface area contributed by atoms with Crippen molar-refractivity contribution >= 4 is 11.4 Å². The lowest BCUT2D eigenvalue weighted by Crippen LogP contribution is -2.44. The van der Waals surface area contributed by atoms with Crippen LogP contribution in [0.3, 0.4) is 0 Å². The minimum absolute atomic E-state index is 0.0348. The van der Waals surface area contributed by atoms with E-state index in [9.17, 15) is 10.1 Å². The molecule has 1 aromatic carbocycles. The Balaban J connectivity index is 2.07. The van der Waals surface area contributed by atoms with E-state index < -0.39 is 4.92 Å². The van der Waals surface area contributed by atoms with E-state index in [-0.39, 0.29) is 23.6 Å². The van der Waals surface area contributed by atoms with Gasteiger partial charge in [-0.15, -0.1) is 0 Å². The molecule has 2 N–H and O–H groups in total. The summed E-state index contributed by atoms with van der Waals surface area (Å²) in [6, 6.07) is 4.92. The SMILES string of the molecule is CC1CN(Cc2ccc([N+](=O)[O-])c(N)c2)CC(C)O1. The number of nitro groups is 1. The van der Waals surface area contributed by atoms with Crippen LogP contribution >= 0.6 is 0 Å². The summed E-state index contributed by atoms with van der Waals surface area (Å²) in [4.78, 5) is 12.5. The molecule has 6 heteroatoms. The van der Waals surface area contributed by atoms with Crippen LogP contribution in [0.2, 0.25) is 0 Å². The van der Waals surface area contributed by atoms with Crippen molar-refractivity contribution < 1.29 is 9.66 Å². The number of nitrogen functional groups attached to an aromatic ring is 1. The summed E-state index contributed by atoms with van der Waals surface area (Å²) < 4.78 is 5.67. The molecule has 6 nitrogen and oxygen atoms in total. The highest BCUT2D eigenvalue weighted by Crippen LogP contribution is 2.23. The van der Waals surface area contributed by atoms with Crippen molar-refractivity contribution in [3.05, 3.63) is 33.9 Å². The monoisotopic (exact) mass is 265 g/mol. The molecule has 1 fully saturated rings. The van der Waals surface area contributed by atoms with Crippen LogP contribution in [0.5, 0.6) is 0 Å². The summed E-state index contributed by atoms with van der Waals surface area (Å²) in [5.74, 6) is 0. The Morgan fingerprint density at radius 2 is 2.05 bits per heavy atom. The first kappa shape index (κ1) is 13.8. The lowest BCUT2D eigenvalue weighted by Gasteiger charge is -2.35. The molecule has 1 aliphatic rings. The lowest BCUT2D eigenvalue weighted by atomic mass is 10.1. The van der Waals surface area contributed by atoms with Crippen molar-refractivity contribution in [1.29, 1.82) is 0 Å². The molecule has 0 bridgehead atoms. The quantitative estimate of drug-likeness (QED) is 0.512. The fourth-order valence-corrected chi connectivity index (χ4v) is 2.54. The predicted molar refractivity (Wildman–Crippen MR) is 72.8 cm³/mol. The first-order chi connectivity index (χ1) is 8.95. The van der Waals surface area contributed by atoms with Crippen LogP contribution < -0.4 is 5.73 Å². The molecule has 1 heterocycles. The van der Waals surface area contributed by atoms with Crippen LogP contribution in [0.25, 0.3) is 0 Å². The predicted octanol–water partition coefficient (Wildman–Crippen LogP) is 1.79. The van der Waals surface area contributed by atoms with Gasteiger partial charge in [-0.1, -0.05) is 6.07 Å². The highest BCUT2D eigenvalue weighted by molar-refractivity contribution is 5.59. The standard InChI is InChI=1S/C13H19N3O3/c1-9-6-15(7-10(2)19-9)8-11-3-4-13(16(17)18)12(14)5-11/h3-5,9-10H,6-8,14H2,1-2H3. The van der Waals surface area contributed by atoms with Crippen LogP contribution in [-0.4, -0.2) is 35.1 Å². The number of hydrogen-bond acceptors (Lipinski definition) is 5. The smallest absolute Gasteiger partial charge is 0.292 e. The van der Waals surface area contributed by atoms with Gasteiger partial charge in [0.05, 0.1) is 17.1 Å². The van der Waals surface area contributed by atoms with Crippen molar-refractivity contribution in [3.8, 4) is 0 Å². The summed E-state index contributed by atoms with van der Waals surface area (Å²) in [6.07, 6.45) is 0.415. The first-order valence-electron chi connectivity index (χ1n) is 6.36. The van der Waals surface area contributed by atoms with Crippen LogP contribution in [-0.2, 0) is 11.3 Å². The Labute approximate surface area is 112 Å². The van der Waals surface area contributed by atoms with Gasteiger partial charge in [0, 0.05) is 25.7 Å². The maximum absolute atomic E-state index is 10.7. The molecule has 19 heavy (non-hydrogen) atoms. The molecule has 0 aromatic heterocycles. The Kier molecular flexibility index (Phi) is 4.01. The molecule has 1 saturated heterocycles. The molecule has 0 radical (unpaired) electrons. The molecule has 0 saturated carbocycles. The van der Waals surface area contributed by atoms with Crippen LogP contribution in [0, 0.1) is 10.1 Å². The van der Waals surface area contributed by atoms with E-state index in [0.717, 1.165) is 25.2 Å². The molecule has 104 valence electrons. The van der Waals surface area contributed by atoms with E-state index in [2.05, 4.69) is 4.90 Å². The Bertz CT molecular complexity index is 468. The third kappa shape index (κ3) is 3.42. The van der Waals surface area contributed by atoms with Crippen molar-refractivity contribution in [2.75, 3.05) is 18.8 Å². The highest BCUT2D eigenvalue weighted by Gasteiger charge is 2.22. The number of anilines is 1. The van der Waals surface area contributed by atoms with Gasteiger partial charge in [-0.25, -0.2) is 0 Å². The molecule has 1 aliphatic heterocycles. The average Bonchev–Trinajstić information content (AvgIpc) is 2.26. The fourth-order valence-electron chi connectivity index (χ4n) is 2.54. The second-order valence-corrected chi connectivity index (χ2v) is 5.10. The van der Waals surface area contributed by atoms with E-state index in [1.807, 2.05) is 13.8 Å². The third-order valence-electron chi connectivity index (χ3n) is 3.19. The largest absolute Gasteiger partial charge is 0.393 e. The number of rotatable bonds is 3. The number of ether oxygens (including phenoxy) is 1. The first-order valence-corrected chi connectivity index (χ1v) is 6.36. The molecular formula is C13H19N3O3. The number of morpholine rings is 1. The van der Waals surface area contributed by atoms with Crippen molar-refractivity contribution in [2.24, 2.45) is 0 Å². The molecule has 0 aliphatic carbocycles. The van der Waals surface area contributed by atoms with Crippen molar-refractivity contribution in [1.82, 2.24) is 4.90 Å². The van der Waals surface area contributed by atoms with Gasteiger partial charge in [0.25, 0.3) is 5.69 Å². The third-order valence-corrected chi connectivity index (χ3v) is 3.19. The Morgan fingerprint density at radius 3 is 2.58 bits per heavy atom. The average molecular weight is 265 g/mol. The van der Waals surface area contributed by atoms with Gasteiger partial charge in [-0.2, -0.15) is 0 Å². The van der Waals surface area contributed by atoms with Gasteiger partial charge in [-0.3, -0.25) is 15.0 Å². The summed E-state index contributed by atoms with van der Waals surface area (Å²) in [6.45, 7) is 6.56. The summed E-state index contributed by atoms with van der Waals surface area (Å²) in [5, 5.41) is 10.7. The van der Waals surface area contributed by atoms with E-state index in [0.29, 0.717) is 0 Å². The molecule has 0 spiro atoms. The zero-order chi connectivity index (χ0) is 14.0. The zero-order valence-corrected chi connectivity index (χ0v) is 11.2. The van der Waals surface area contributed by atoms with Crippen molar-refractivity contribution in [3.63, 3.8) is 0 Å². The molecule has 1 aromatic rings. The molecule has 0 amide bonds.